The third kappa shape index (κ3) is 3.89. The summed E-state index contributed by atoms with van der Waals surface area (Å²) >= 11 is 13.4. The van der Waals surface area contributed by atoms with Crippen molar-refractivity contribution in [2.75, 3.05) is 0 Å². The fraction of sp³-hybridized carbons (Fsp3) is 0.385. The van der Waals surface area contributed by atoms with Crippen LogP contribution in [-0.4, -0.2) is 49.2 Å². The minimum Gasteiger partial charge on any atom is -0.292 e. The largest absolute Gasteiger partial charge is 0.292 e. The molecular weight excluding hydrogens is 600 g/mol. The summed E-state index contributed by atoms with van der Waals surface area (Å²) in [7, 11) is 0. The summed E-state index contributed by atoms with van der Waals surface area (Å²) < 4.78 is 0. The molecule has 182 valence electrons. The molecule has 9 heteroatoms. The minimum atomic E-state index is -1.08. The Kier molecular flexibility index (Phi) is 6.43. The molecule has 3 aliphatic rings. The Labute approximate surface area is 225 Å². The summed E-state index contributed by atoms with van der Waals surface area (Å²) in [5.74, 6) is -2.82. The lowest BCUT2D eigenvalue weighted by atomic mass is 9.81. The van der Waals surface area contributed by atoms with Crippen LogP contribution in [0.4, 0.5) is 0 Å². The van der Waals surface area contributed by atoms with Gasteiger partial charge in [-0.25, -0.2) is 5.01 Å². The van der Waals surface area contributed by atoms with Crippen molar-refractivity contribution >= 4 is 67.0 Å². The van der Waals surface area contributed by atoms with Crippen molar-refractivity contribution in [3.63, 3.8) is 0 Å². The van der Waals surface area contributed by atoms with Crippen LogP contribution in [0.15, 0.2) is 48.5 Å². The predicted octanol–water partition coefficient (Wildman–Crippen LogP) is 5.05. The molecule has 3 amide bonds. The van der Waals surface area contributed by atoms with Crippen LogP contribution in [-0.2, 0) is 9.59 Å². The number of fused-ring (bicyclic) bond motifs is 5. The summed E-state index contributed by atoms with van der Waals surface area (Å²) in [6.07, 6.45) is 0.773. The molecule has 1 saturated heterocycles. The maximum atomic E-state index is 13.8. The fourth-order valence-electron chi connectivity index (χ4n) is 5.78. The minimum absolute atomic E-state index is 0.00795. The highest BCUT2D eigenvalue weighted by atomic mass is 79.9. The molecule has 2 saturated carbocycles. The topological polar surface area (TPSA) is 74.8 Å². The average molecular weight is 623 g/mol. The summed E-state index contributed by atoms with van der Waals surface area (Å²) in [5.41, 5.74) is 1.62. The Hall–Kier alpha value is -2.03. The van der Waals surface area contributed by atoms with Crippen LogP contribution in [0, 0.1) is 30.6 Å². The lowest BCUT2D eigenvalue weighted by Crippen LogP contribution is -2.56. The number of aryl methyl sites for hydroxylation is 1. The van der Waals surface area contributed by atoms with Gasteiger partial charge in [-0.15, -0.1) is 0 Å². The Balaban J connectivity index is 1.55. The van der Waals surface area contributed by atoms with E-state index in [1.54, 1.807) is 31.2 Å². The number of nitrogens with zero attached hydrogens (tertiary/aromatic N) is 2. The van der Waals surface area contributed by atoms with Crippen LogP contribution < -0.4 is 0 Å². The van der Waals surface area contributed by atoms with Crippen LogP contribution in [0.5, 0.6) is 0 Å². The van der Waals surface area contributed by atoms with Gasteiger partial charge in [-0.1, -0.05) is 73.3 Å². The van der Waals surface area contributed by atoms with Gasteiger partial charge in [0, 0.05) is 25.8 Å². The van der Waals surface area contributed by atoms with E-state index in [4.69, 9.17) is 11.6 Å². The second kappa shape index (κ2) is 9.12. The zero-order valence-electron chi connectivity index (χ0n) is 19.0. The maximum absolute atomic E-state index is 13.8. The molecule has 2 aliphatic carbocycles. The lowest BCUT2D eigenvalue weighted by Gasteiger charge is -2.35. The third-order valence-corrected chi connectivity index (χ3v) is 11.0. The van der Waals surface area contributed by atoms with E-state index in [1.807, 2.05) is 19.1 Å². The molecule has 0 N–H and O–H groups in total. The van der Waals surface area contributed by atoms with Gasteiger partial charge in [0.15, 0.2) is 5.78 Å². The van der Waals surface area contributed by atoms with Gasteiger partial charge in [0.05, 0.1) is 11.8 Å². The molecule has 0 aromatic heterocycles. The number of amides is 3. The highest BCUT2D eigenvalue weighted by Crippen LogP contribution is 2.60. The summed E-state index contributed by atoms with van der Waals surface area (Å²) in [4.78, 5) is 54.8. The van der Waals surface area contributed by atoms with Gasteiger partial charge in [0.25, 0.3) is 17.7 Å². The van der Waals surface area contributed by atoms with Gasteiger partial charge in [-0.05, 0) is 56.4 Å². The quantitative estimate of drug-likeness (QED) is 0.266. The maximum Gasteiger partial charge on any atom is 0.273 e. The van der Waals surface area contributed by atoms with E-state index in [1.165, 1.54) is 12.1 Å². The highest BCUT2D eigenvalue weighted by Gasteiger charge is 2.68. The number of carbonyl (C=O) groups is 4. The van der Waals surface area contributed by atoms with E-state index in [9.17, 15) is 19.2 Å². The summed E-state index contributed by atoms with van der Waals surface area (Å²) in [5, 5.41) is 2.45. The van der Waals surface area contributed by atoms with Gasteiger partial charge in [0.1, 0.15) is 6.04 Å². The third-order valence-electron chi connectivity index (χ3n) is 7.56. The SMILES string of the molecule is Cc1ccc(C(=O)[C@H](C)N(C(=O)c2ccc(Cl)cc2)N2C(=O)[C@@H]3[C@H]4C[C@@H]([C@@H](Br)[C@H]4Br)[C@H]3C2=O)cc1. The standard InChI is InChI=1S/C26H23Br2ClN2O4/c1-12-3-5-14(6-4-12)23(32)13(2)30(24(33)15-7-9-16(29)10-8-15)31-25(34)19-17-11-18(20(19)26(31)35)22(28)21(17)27/h3-10,13,17-22H,11H2,1-2H3/t13-,17+,18+,19+,20+,21-,22+/m0/s1. The van der Waals surface area contributed by atoms with Gasteiger partial charge in [-0.3, -0.25) is 19.2 Å². The van der Waals surface area contributed by atoms with Crippen LogP contribution in [0.25, 0.3) is 0 Å². The summed E-state index contributed by atoms with van der Waals surface area (Å²) in [6, 6.07) is 12.1. The zero-order valence-corrected chi connectivity index (χ0v) is 23.0. The first-order chi connectivity index (χ1) is 16.6. The Morgan fingerprint density at radius 1 is 0.914 bits per heavy atom. The molecule has 1 aliphatic heterocycles. The van der Waals surface area contributed by atoms with Crippen molar-refractivity contribution in [2.24, 2.45) is 23.7 Å². The van der Waals surface area contributed by atoms with Gasteiger partial charge < -0.3 is 0 Å². The second-order valence-electron chi connectivity index (χ2n) is 9.55. The molecule has 2 bridgehead atoms. The number of halogens is 3. The molecule has 0 radical (unpaired) electrons. The van der Waals surface area contributed by atoms with E-state index >= 15 is 0 Å². The molecular formula is C26H23Br2ClN2O4. The molecule has 7 atom stereocenters. The zero-order chi connectivity index (χ0) is 25.2. The lowest BCUT2D eigenvalue weighted by molar-refractivity contribution is -0.157. The smallest absolute Gasteiger partial charge is 0.273 e. The highest BCUT2D eigenvalue weighted by molar-refractivity contribution is 9.12. The van der Waals surface area contributed by atoms with Crippen LogP contribution in [0.3, 0.4) is 0 Å². The number of ketones is 1. The van der Waals surface area contributed by atoms with Crippen LogP contribution in [0.2, 0.25) is 5.02 Å². The molecule has 6 nitrogen and oxygen atoms in total. The predicted molar refractivity (Wildman–Crippen MR) is 138 cm³/mol. The van der Waals surface area contributed by atoms with Crippen molar-refractivity contribution in [1.82, 2.24) is 10.0 Å². The number of rotatable bonds is 5. The van der Waals surface area contributed by atoms with Crippen LogP contribution >= 0.6 is 43.5 Å². The average Bonchev–Trinajstić information content (AvgIpc) is 3.45. The number of alkyl halides is 2. The molecule has 0 unspecified atom stereocenters. The Bertz CT molecular complexity index is 1190. The Morgan fingerprint density at radius 2 is 1.40 bits per heavy atom. The molecule has 3 fully saturated rings. The van der Waals surface area contributed by atoms with Crippen molar-refractivity contribution in [2.45, 2.75) is 36.0 Å². The van der Waals surface area contributed by atoms with E-state index in [0.29, 0.717) is 10.6 Å². The monoisotopic (exact) mass is 620 g/mol. The molecule has 2 aromatic carbocycles. The number of hydrogen-bond acceptors (Lipinski definition) is 4. The number of imide groups is 1. The molecule has 1 heterocycles. The van der Waals surface area contributed by atoms with E-state index in [-0.39, 0.29) is 32.8 Å². The van der Waals surface area contributed by atoms with Gasteiger partial charge in [-0.2, -0.15) is 5.01 Å². The van der Waals surface area contributed by atoms with Crippen molar-refractivity contribution in [3.05, 3.63) is 70.2 Å². The Morgan fingerprint density at radius 3 is 1.91 bits per heavy atom. The number of benzene rings is 2. The second-order valence-corrected chi connectivity index (χ2v) is 12.1. The molecule has 2 aromatic rings. The number of hydrazine groups is 1. The first kappa shape index (κ1) is 24.7. The number of carbonyl (C=O) groups excluding carboxylic acids is 4. The fourth-order valence-corrected chi connectivity index (χ4v) is 7.78. The molecule has 5 rings (SSSR count). The van der Waals surface area contributed by atoms with E-state index < -0.39 is 35.6 Å². The van der Waals surface area contributed by atoms with E-state index in [0.717, 1.165) is 22.0 Å². The molecule has 35 heavy (non-hydrogen) atoms. The van der Waals surface area contributed by atoms with Crippen molar-refractivity contribution in [3.8, 4) is 0 Å². The van der Waals surface area contributed by atoms with Crippen molar-refractivity contribution < 1.29 is 19.2 Å². The van der Waals surface area contributed by atoms with Gasteiger partial charge in [0.2, 0.25) is 0 Å². The van der Waals surface area contributed by atoms with Gasteiger partial charge >= 0.3 is 0 Å². The molecule has 0 spiro atoms. The normalized spacial score (nSPS) is 29.9. The first-order valence-electron chi connectivity index (χ1n) is 11.5. The summed E-state index contributed by atoms with van der Waals surface area (Å²) in [6.45, 7) is 3.47. The van der Waals surface area contributed by atoms with Crippen LogP contribution in [0.1, 0.15) is 39.6 Å². The van der Waals surface area contributed by atoms with E-state index in [2.05, 4.69) is 31.9 Å². The first-order valence-corrected chi connectivity index (χ1v) is 13.7. The number of Topliss-reactive ketones (excluding diaryl/α,β-unsaturated/α-hetero) is 1. The number of hydrogen-bond donors (Lipinski definition) is 0. The van der Waals surface area contributed by atoms with Crippen molar-refractivity contribution in [1.29, 1.82) is 0 Å².